The molecule has 1 aliphatic rings. The van der Waals surface area contributed by atoms with Crippen molar-refractivity contribution in [3.8, 4) is 0 Å². The first-order valence-electron chi connectivity index (χ1n) is 3.00. The van der Waals surface area contributed by atoms with E-state index in [9.17, 15) is 0 Å². The van der Waals surface area contributed by atoms with Crippen LogP contribution in [0.5, 0.6) is 0 Å². The normalized spacial score (nSPS) is 35.6. The third kappa shape index (κ3) is 0.858. The molecule has 2 heteroatoms. The number of nitrogens with one attached hydrogen (secondary N) is 1. The van der Waals surface area contributed by atoms with E-state index >= 15 is 0 Å². The molecule has 0 spiro atoms. The fourth-order valence-corrected chi connectivity index (χ4v) is 0.637. The number of hydrogen-bond acceptors (Lipinski definition) is 2. The summed E-state index contributed by atoms with van der Waals surface area (Å²) < 4.78 is 0. The third-order valence-electron chi connectivity index (χ3n) is 1.88. The smallest absolute Gasteiger partial charge is 0.0748 e. The van der Waals surface area contributed by atoms with E-state index in [1.807, 2.05) is 0 Å². The average molecular weight is 115 g/mol. The molecule has 1 unspecified atom stereocenters. The van der Waals surface area contributed by atoms with Gasteiger partial charge in [-0.3, -0.25) is 0 Å². The van der Waals surface area contributed by atoms with Crippen LogP contribution in [0.25, 0.3) is 0 Å². The van der Waals surface area contributed by atoms with Crippen LogP contribution in [0.2, 0.25) is 0 Å². The Morgan fingerprint density at radius 1 is 1.62 bits per heavy atom. The van der Waals surface area contributed by atoms with Gasteiger partial charge in [-0.25, -0.2) is 0 Å². The summed E-state index contributed by atoms with van der Waals surface area (Å²) in [5.41, 5.74) is 3.23. The van der Waals surface area contributed by atoms with E-state index in [2.05, 4.69) is 26.3 Å². The fraction of sp³-hybridized carbons (Fsp3) is 1.00. The second-order valence-electron chi connectivity index (χ2n) is 3.12. The lowest BCUT2D eigenvalue weighted by molar-refractivity contribution is 0.0839. The van der Waals surface area contributed by atoms with Crippen molar-refractivity contribution in [2.45, 2.75) is 26.8 Å². The lowest BCUT2D eigenvalue weighted by Gasteiger charge is -2.18. The van der Waals surface area contributed by atoms with Crippen LogP contribution in [0.1, 0.15) is 20.8 Å². The molecule has 0 bridgehead atoms. The Labute approximate surface area is 50.2 Å². The standard InChI is InChI=1S/C6H13NO/c1-5-6(2,3)4-8-7-5/h5,7H,4H2,1-3H3. The molecule has 0 amide bonds. The van der Waals surface area contributed by atoms with Crippen LogP contribution in [0, 0.1) is 5.41 Å². The van der Waals surface area contributed by atoms with Gasteiger partial charge in [0, 0.05) is 11.5 Å². The van der Waals surface area contributed by atoms with Crippen molar-refractivity contribution in [1.29, 1.82) is 0 Å². The lowest BCUT2D eigenvalue weighted by atomic mass is 9.88. The SMILES string of the molecule is CC1NOCC1(C)C. The van der Waals surface area contributed by atoms with Gasteiger partial charge in [0.1, 0.15) is 0 Å². The lowest BCUT2D eigenvalue weighted by Crippen LogP contribution is -2.29. The summed E-state index contributed by atoms with van der Waals surface area (Å²) in [6, 6.07) is 0.488. The highest BCUT2D eigenvalue weighted by Gasteiger charge is 2.31. The molecule has 0 radical (unpaired) electrons. The zero-order chi connectivity index (χ0) is 6.20. The van der Waals surface area contributed by atoms with Gasteiger partial charge >= 0.3 is 0 Å². The quantitative estimate of drug-likeness (QED) is 0.507. The van der Waals surface area contributed by atoms with Crippen molar-refractivity contribution in [2.75, 3.05) is 6.61 Å². The summed E-state index contributed by atoms with van der Waals surface area (Å²) >= 11 is 0. The van der Waals surface area contributed by atoms with Crippen molar-refractivity contribution >= 4 is 0 Å². The number of hydrogen-bond donors (Lipinski definition) is 1. The van der Waals surface area contributed by atoms with Crippen molar-refractivity contribution < 1.29 is 4.84 Å². The van der Waals surface area contributed by atoms with Crippen LogP contribution < -0.4 is 5.48 Å². The molecular weight excluding hydrogens is 102 g/mol. The van der Waals surface area contributed by atoms with Crippen molar-refractivity contribution in [1.82, 2.24) is 5.48 Å². The van der Waals surface area contributed by atoms with E-state index in [0.29, 0.717) is 11.5 Å². The topological polar surface area (TPSA) is 21.3 Å². The van der Waals surface area contributed by atoms with Crippen LogP contribution in [0.4, 0.5) is 0 Å². The Bertz CT molecular complexity index is 90.5. The molecule has 1 rings (SSSR count). The summed E-state index contributed by atoms with van der Waals surface area (Å²) in [6.07, 6.45) is 0. The molecule has 0 aromatic carbocycles. The predicted molar refractivity (Wildman–Crippen MR) is 32.3 cm³/mol. The van der Waals surface area contributed by atoms with E-state index in [4.69, 9.17) is 4.84 Å². The minimum absolute atomic E-state index is 0.319. The predicted octanol–water partition coefficient (Wildman–Crippen LogP) is 0.936. The molecular formula is C6H13NO. The van der Waals surface area contributed by atoms with Gasteiger partial charge < -0.3 is 4.84 Å². The first-order chi connectivity index (χ1) is 3.63. The van der Waals surface area contributed by atoms with Crippen LogP contribution in [-0.4, -0.2) is 12.6 Å². The van der Waals surface area contributed by atoms with Crippen molar-refractivity contribution in [2.24, 2.45) is 5.41 Å². The highest BCUT2D eigenvalue weighted by atomic mass is 16.7. The molecule has 48 valence electrons. The van der Waals surface area contributed by atoms with Gasteiger partial charge in [-0.1, -0.05) is 13.8 Å². The molecule has 0 aliphatic carbocycles. The average Bonchev–Trinajstić information content (AvgIpc) is 1.86. The van der Waals surface area contributed by atoms with Gasteiger partial charge in [-0.15, -0.1) is 0 Å². The first-order valence-corrected chi connectivity index (χ1v) is 3.00. The number of hydroxylamine groups is 1. The zero-order valence-electron chi connectivity index (χ0n) is 5.69. The Hall–Kier alpha value is -0.0800. The highest BCUT2D eigenvalue weighted by molar-refractivity contribution is 4.81. The maximum Gasteiger partial charge on any atom is 0.0748 e. The van der Waals surface area contributed by atoms with Crippen LogP contribution >= 0.6 is 0 Å². The van der Waals surface area contributed by atoms with Crippen LogP contribution in [0.3, 0.4) is 0 Å². The van der Waals surface area contributed by atoms with Gasteiger partial charge in [-0.2, -0.15) is 5.48 Å². The molecule has 0 aromatic rings. The summed E-state index contributed by atoms with van der Waals surface area (Å²) in [5, 5.41) is 0. The Morgan fingerprint density at radius 3 is 2.38 bits per heavy atom. The second kappa shape index (κ2) is 1.71. The molecule has 1 N–H and O–H groups in total. The maximum absolute atomic E-state index is 5.02. The Balaban J connectivity index is 2.54. The number of rotatable bonds is 0. The maximum atomic E-state index is 5.02. The first kappa shape index (κ1) is 6.05. The summed E-state index contributed by atoms with van der Waals surface area (Å²) in [4.78, 5) is 5.02. The van der Waals surface area contributed by atoms with E-state index in [1.165, 1.54) is 0 Å². The monoisotopic (exact) mass is 115 g/mol. The third-order valence-corrected chi connectivity index (χ3v) is 1.88. The summed E-state index contributed by atoms with van der Waals surface area (Å²) in [6.45, 7) is 7.34. The fourth-order valence-electron chi connectivity index (χ4n) is 0.637. The van der Waals surface area contributed by atoms with E-state index in [-0.39, 0.29) is 0 Å². The van der Waals surface area contributed by atoms with Gasteiger partial charge in [0.2, 0.25) is 0 Å². The van der Waals surface area contributed by atoms with Gasteiger partial charge in [0.05, 0.1) is 6.61 Å². The van der Waals surface area contributed by atoms with E-state index in [1.54, 1.807) is 0 Å². The van der Waals surface area contributed by atoms with Crippen molar-refractivity contribution in [3.05, 3.63) is 0 Å². The van der Waals surface area contributed by atoms with Crippen LogP contribution in [-0.2, 0) is 4.84 Å². The highest BCUT2D eigenvalue weighted by Crippen LogP contribution is 2.24. The van der Waals surface area contributed by atoms with Crippen LogP contribution in [0.15, 0.2) is 0 Å². The van der Waals surface area contributed by atoms with Gasteiger partial charge in [0.25, 0.3) is 0 Å². The molecule has 0 saturated carbocycles. The second-order valence-corrected chi connectivity index (χ2v) is 3.12. The minimum atomic E-state index is 0.319. The van der Waals surface area contributed by atoms with Gasteiger partial charge in [-0.05, 0) is 6.92 Å². The molecule has 1 fully saturated rings. The molecule has 0 aromatic heterocycles. The van der Waals surface area contributed by atoms with Gasteiger partial charge in [0.15, 0.2) is 0 Å². The molecule has 1 atom stereocenters. The Morgan fingerprint density at radius 2 is 2.25 bits per heavy atom. The molecule has 2 nitrogen and oxygen atoms in total. The molecule has 1 aliphatic heterocycles. The summed E-state index contributed by atoms with van der Waals surface area (Å²) in [7, 11) is 0. The molecule has 1 heterocycles. The zero-order valence-corrected chi connectivity index (χ0v) is 5.69. The van der Waals surface area contributed by atoms with E-state index in [0.717, 1.165) is 6.61 Å². The molecule has 1 saturated heterocycles. The summed E-state index contributed by atoms with van der Waals surface area (Å²) in [5.74, 6) is 0. The van der Waals surface area contributed by atoms with Crippen molar-refractivity contribution in [3.63, 3.8) is 0 Å². The Kier molecular flexibility index (Phi) is 1.29. The molecule has 8 heavy (non-hydrogen) atoms. The largest absolute Gasteiger partial charge is 0.301 e. The van der Waals surface area contributed by atoms with E-state index < -0.39 is 0 Å². The minimum Gasteiger partial charge on any atom is -0.301 e.